The molecule has 1 aromatic heterocycles. The summed E-state index contributed by atoms with van der Waals surface area (Å²) in [7, 11) is 0. The van der Waals surface area contributed by atoms with Crippen LogP contribution in [-0.2, 0) is 4.79 Å². The van der Waals surface area contributed by atoms with Crippen molar-refractivity contribution in [3.63, 3.8) is 0 Å². The number of nitrogens with one attached hydrogen (secondary N) is 1. The minimum atomic E-state index is -0.451. The summed E-state index contributed by atoms with van der Waals surface area (Å²) < 4.78 is 0. The van der Waals surface area contributed by atoms with Crippen molar-refractivity contribution in [3.05, 3.63) is 101 Å². The number of anilines is 1. The van der Waals surface area contributed by atoms with Crippen LogP contribution in [0.3, 0.4) is 0 Å². The SMILES string of the molecule is Cc1ccc(-c2cc(-c3ccccc3)c(C#N)c(SC(C)C(=O)Nc3ccc(C)c(C)c3)n2)cc1. The highest BCUT2D eigenvalue weighted by Crippen LogP contribution is 2.36. The zero-order valence-electron chi connectivity index (χ0n) is 20.3. The number of carbonyl (C=O) groups excluding carboxylic acids is 1. The van der Waals surface area contributed by atoms with E-state index in [-0.39, 0.29) is 5.91 Å². The quantitative estimate of drug-likeness (QED) is 0.295. The number of aromatic nitrogens is 1. The van der Waals surface area contributed by atoms with E-state index in [4.69, 9.17) is 4.98 Å². The molecule has 0 aliphatic rings. The summed E-state index contributed by atoms with van der Waals surface area (Å²) in [6.45, 7) is 7.95. The van der Waals surface area contributed by atoms with Gasteiger partial charge in [-0.2, -0.15) is 5.26 Å². The van der Waals surface area contributed by atoms with E-state index in [1.165, 1.54) is 17.3 Å². The zero-order valence-corrected chi connectivity index (χ0v) is 21.1. The molecule has 1 amide bonds. The fourth-order valence-corrected chi connectivity index (χ4v) is 4.64. The molecule has 4 rings (SSSR count). The Kier molecular flexibility index (Phi) is 7.33. The molecule has 1 unspecified atom stereocenters. The van der Waals surface area contributed by atoms with Crippen LogP contribution in [0.4, 0.5) is 5.69 Å². The van der Waals surface area contributed by atoms with Crippen molar-refractivity contribution in [2.75, 3.05) is 5.32 Å². The van der Waals surface area contributed by atoms with E-state index >= 15 is 0 Å². The summed E-state index contributed by atoms with van der Waals surface area (Å²) in [5.41, 5.74) is 8.18. The van der Waals surface area contributed by atoms with Crippen LogP contribution in [0, 0.1) is 32.1 Å². The molecule has 35 heavy (non-hydrogen) atoms. The van der Waals surface area contributed by atoms with E-state index in [1.807, 2.05) is 107 Å². The minimum absolute atomic E-state index is 0.133. The standard InChI is InChI=1S/C30H27N3OS/c1-19-10-13-24(14-11-19)28-17-26(23-8-6-5-7-9-23)27(18-31)30(33-28)35-22(4)29(34)32-25-15-12-20(2)21(3)16-25/h5-17,22H,1-4H3,(H,32,34). The molecule has 0 spiro atoms. The molecule has 0 radical (unpaired) electrons. The van der Waals surface area contributed by atoms with Crippen LogP contribution in [0.5, 0.6) is 0 Å². The van der Waals surface area contributed by atoms with E-state index in [2.05, 4.69) is 11.4 Å². The maximum absolute atomic E-state index is 13.0. The van der Waals surface area contributed by atoms with E-state index in [0.717, 1.165) is 39.2 Å². The molecule has 0 saturated heterocycles. The highest BCUT2D eigenvalue weighted by molar-refractivity contribution is 8.00. The average molecular weight is 478 g/mol. The van der Waals surface area contributed by atoms with E-state index in [0.29, 0.717) is 10.6 Å². The Morgan fingerprint density at radius 1 is 0.914 bits per heavy atom. The Morgan fingerprint density at radius 2 is 1.63 bits per heavy atom. The first-order valence-corrected chi connectivity index (χ1v) is 12.4. The van der Waals surface area contributed by atoms with Gasteiger partial charge < -0.3 is 5.32 Å². The van der Waals surface area contributed by atoms with Crippen molar-refractivity contribution in [2.24, 2.45) is 0 Å². The Balaban J connectivity index is 1.71. The minimum Gasteiger partial charge on any atom is -0.325 e. The van der Waals surface area contributed by atoms with Crippen LogP contribution >= 0.6 is 11.8 Å². The molecule has 4 nitrogen and oxygen atoms in total. The number of thioether (sulfide) groups is 1. The predicted octanol–water partition coefficient (Wildman–Crippen LogP) is 7.33. The summed E-state index contributed by atoms with van der Waals surface area (Å²) in [4.78, 5) is 17.9. The molecule has 0 bridgehead atoms. The Bertz CT molecular complexity index is 1410. The molecular formula is C30H27N3OS. The summed E-state index contributed by atoms with van der Waals surface area (Å²) in [5.74, 6) is -0.133. The molecule has 5 heteroatoms. The lowest BCUT2D eigenvalue weighted by Gasteiger charge is -2.16. The third-order valence-corrected chi connectivity index (χ3v) is 7.05. The number of nitriles is 1. The highest BCUT2D eigenvalue weighted by Gasteiger charge is 2.21. The molecule has 0 aliphatic heterocycles. The van der Waals surface area contributed by atoms with Gasteiger partial charge in [0.2, 0.25) is 5.91 Å². The van der Waals surface area contributed by atoms with Gasteiger partial charge in [0.25, 0.3) is 0 Å². The van der Waals surface area contributed by atoms with Gasteiger partial charge in [-0.3, -0.25) is 4.79 Å². The third kappa shape index (κ3) is 5.62. The molecule has 174 valence electrons. The monoisotopic (exact) mass is 477 g/mol. The normalized spacial score (nSPS) is 11.5. The number of hydrogen-bond donors (Lipinski definition) is 1. The smallest absolute Gasteiger partial charge is 0.237 e. The third-order valence-electron chi connectivity index (χ3n) is 5.96. The molecule has 0 fully saturated rings. The van der Waals surface area contributed by atoms with Gasteiger partial charge in [0.05, 0.1) is 16.5 Å². The average Bonchev–Trinajstić information content (AvgIpc) is 2.86. The van der Waals surface area contributed by atoms with Crippen LogP contribution in [0.25, 0.3) is 22.4 Å². The van der Waals surface area contributed by atoms with Crippen molar-refractivity contribution < 1.29 is 4.79 Å². The predicted molar refractivity (Wildman–Crippen MR) is 144 cm³/mol. The number of hydrogen-bond acceptors (Lipinski definition) is 4. The lowest BCUT2D eigenvalue weighted by Crippen LogP contribution is -2.22. The van der Waals surface area contributed by atoms with Crippen molar-refractivity contribution in [3.8, 4) is 28.5 Å². The molecular weight excluding hydrogens is 450 g/mol. The first-order valence-electron chi connectivity index (χ1n) is 11.5. The fourth-order valence-electron chi connectivity index (χ4n) is 3.72. The number of nitrogens with zero attached hydrogens (tertiary/aromatic N) is 2. The first-order chi connectivity index (χ1) is 16.9. The number of pyridine rings is 1. The molecule has 0 saturated carbocycles. The Labute approximate surface area is 211 Å². The Hall–Kier alpha value is -3.88. The first kappa shape index (κ1) is 24.3. The van der Waals surface area contributed by atoms with Gasteiger partial charge in [-0.05, 0) is 62.6 Å². The zero-order chi connectivity index (χ0) is 24.9. The molecule has 0 aliphatic carbocycles. The van der Waals surface area contributed by atoms with Crippen LogP contribution in [-0.4, -0.2) is 16.1 Å². The van der Waals surface area contributed by atoms with Crippen molar-refractivity contribution in [1.29, 1.82) is 5.26 Å². The van der Waals surface area contributed by atoms with Gasteiger partial charge in [0, 0.05) is 16.8 Å². The maximum atomic E-state index is 13.0. The van der Waals surface area contributed by atoms with Crippen LogP contribution in [0.2, 0.25) is 0 Å². The van der Waals surface area contributed by atoms with Gasteiger partial charge in [-0.1, -0.05) is 78.0 Å². The van der Waals surface area contributed by atoms with Crippen LogP contribution in [0.15, 0.2) is 83.9 Å². The van der Waals surface area contributed by atoms with Crippen LogP contribution in [0.1, 0.15) is 29.2 Å². The van der Waals surface area contributed by atoms with Crippen molar-refractivity contribution >= 4 is 23.4 Å². The lowest BCUT2D eigenvalue weighted by molar-refractivity contribution is -0.115. The molecule has 1 heterocycles. The Morgan fingerprint density at radius 3 is 2.29 bits per heavy atom. The summed E-state index contributed by atoms with van der Waals surface area (Å²) in [6, 6.07) is 28.2. The molecule has 1 N–H and O–H groups in total. The number of benzene rings is 3. The van der Waals surface area contributed by atoms with Gasteiger partial charge in [0.15, 0.2) is 0 Å². The second kappa shape index (κ2) is 10.6. The van der Waals surface area contributed by atoms with Gasteiger partial charge in [0.1, 0.15) is 11.1 Å². The molecule has 4 aromatic rings. The number of rotatable bonds is 6. The summed E-state index contributed by atoms with van der Waals surface area (Å²) in [6.07, 6.45) is 0. The lowest BCUT2D eigenvalue weighted by atomic mass is 9.99. The highest BCUT2D eigenvalue weighted by atomic mass is 32.2. The van der Waals surface area contributed by atoms with Gasteiger partial charge in [-0.15, -0.1) is 0 Å². The summed E-state index contributed by atoms with van der Waals surface area (Å²) >= 11 is 1.30. The fraction of sp³-hybridized carbons (Fsp3) is 0.167. The van der Waals surface area contributed by atoms with Gasteiger partial charge in [-0.25, -0.2) is 4.98 Å². The van der Waals surface area contributed by atoms with E-state index in [9.17, 15) is 10.1 Å². The molecule has 3 aromatic carbocycles. The number of carbonyl (C=O) groups is 1. The van der Waals surface area contributed by atoms with Crippen molar-refractivity contribution in [2.45, 2.75) is 38.0 Å². The molecule has 1 atom stereocenters. The second-order valence-electron chi connectivity index (χ2n) is 8.63. The van der Waals surface area contributed by atoms with Gasteiger partial charge >= 0.3 is 0 Å². The largest absolute Gasteiger partial charge is 0.325 e. The number of aryl methyl sites for hydroxylation is 3. The van der Waals surface area contributed by atoms with E-state index < -0.39 is 5.25 Å². The summed E-state index contributed by atoms with van der Waals surface area (Å²) in [5, 5.41) is 13.2. The maximum Gasteiger partial charge on any atom is 0.237 e. The van der Waals surface area contributed by atoms with Crippen LogP contribution < -0.4 is 5.32 Å². The van der Waals surface area contributed by atoms with E-state index in [1.54, 1.807) is 0 Å². The number of amides is 1. The van der Waals surface area contributed by atoms with Crippen molar-refractivity contribution in [1.82, 2.24) is 4.98 Å². The topological polar surface area (TPSA) is 65.8 Å². The second-order valence-corrected chi connectivity index (χ2v) is 9.96.